The molecule has 4 aromatic heterocycles. The summed E-state index contributed by atoms with van der Waals surface area (Å²) in [6.07, 6.45) is -8.48. The van der Waals surface area contributed by atoms with Crippen molar-refractivity contribution < 1.29 is 58.1 Å². The molecule has 3 aliphatic rings. The number of benzene rings is 2. The second-order valence-electron chi connectivity index (χ2n) is 15.5. The third-order valence-electron chi connectivity index (χ3n) is 11.9. The van der Waals surface area contributed by atoms with Crippen LogP contribution in [0.25, 0.3) is 32.1 Å². The molecular formula is C41H32F10N10O3S. The lowest BCUT2D eigenvalue weighted by molar-refractivity contribution is -0.141. The highest BCUT2D eigenvalue weighted by Crippen LogP contribution is 2.54. The second-order valence-corrected chi connectivity index (χ2v) is 16.6. The van der Waals surface area contributed by atoms with Crippen molar-refractivity contribution in [1.82, 2.24) is 29.8 Å². The minimum atomic E-state index is -5.43. The largest absolute Gasteiger partial charge is 0.490 e. The quantitative estimate of drug-likeness (QED) is 0.125. The minimum Gasteiger partial charge on any atom is -0.490 e. The Bertz CT molecular complexity index is 2880. The smallest absolute Gasteiger partial charge is 0.434 e. The standard InChI is InChI=1S/C41H32F10N10O3S/c42-22-5-4-19(25-21(13-52)36(54)65-33(22)25)26-28(41(49,50)51)32-27-30(29(26)43)58-38(59-37(27)60(11-12-62-32)31(34(44)45)20-3-1-9-55-35(20)53)64-17-39-7-2-10-61(39)18(6-8-39)16-63-24-15-56-23(14-57-24)40(46,47)48/h1,3-5,9,14-15,18,31,34H,2,6-8,10-12,16-17,54H2,(H2,53,55)/t18-,31-,39-/m0/s1. The summed E-state index contributed by atoms with van der Waals surface area (Å²) in [5.74, 6) is -4.67. The van der Waals surface area contributed by atoms with Gasteiger partial charge in [0.25, 0.3) is 6.43 Å². The van der Waals surface area contributed by atoms with Crippen LogP contribution < -0.4 is 30.6 Å². The van der Waals surface area contributed by atoms with Crippen molar-refractivity contribution in [2.75, 3.05) is 49.3 Å². The van der Waals surface area contributed by atoms with Gasteiger partial charge in [-0.15, -0.1) is 11.3 Å². The lowest BCUT2D eigenvalue weighted by atomic mass is 9.91. The van der Waals surface area contributed by atoms with Gasteiger partial charge in [0, 0.05) is 28.8 Å². The molecule has 0 aliphatic carbocycles. The molecule has 2 fully saturated rings. The summed E-state index contributed by atoms with van der Waals surface area (Å²) in [6, 6.07) is 3.12. The molecule has 65 heavy (non-hydrogen) atoms. The van der Waals surface area contributed by atoms with Gasteiger partial charge in [-0.3, -0.25) is 4.90 Å². The van der Waals surface area contributed by atoms with Crippen molar-refractivity contribution in [3.05, 3.63) is 76.9 Å². The molecule has 0 spiro atoms. The first-order valence-electron chi connectivity index (χ1n) is 19.8. The molecule has 24 heteroatoms. The van der Waals surface area contributed by atoms with Crippen LogP contribution in [0.2, 0.25) is 0 Å². The number of nitriles is 1. The van der Waals surface area contributed by atoms with Crippen LogP contribution in [0.3, 0.4) is 0 Å². The van der Waals surface area contributed by atoms with Crippen LogP contribution in [-0.2, 0) is 12.4 Å². The molecule has 2 saturated heterocycles. The number of fused-ring (bicyclic) bond motifs is 2. The Balaban J connectivity index is 1.18. The topological polar surface area (TPSA) is 174 Å². The van der Waals surface area contributed by atoms with Gasteiger partial charge >= 0.3 is 18.4 Å². The maximum absolute atomic E-state index is 17.6. The van der Waals surface area contributed by atoms with Gasteiger partial charge in [-0.2, -0.15) is 41.6 Å². The highest BCUT2D eigenvalue weighted by atomic mass is 32.1. The number of pyridine rings is 1. The Morgan fingerprint density at radius 1 is 0.969 bits per heavy atom. The second kappa shape index (κ2) is 16.2. The van der Waals surface area contributed by atoms with Crippen molar-refractivity contribution in [3.63, 3.8) is 0 Å². The van der Waals surface area contributed by atoms with Gasteiger partial charge in [0.1, 0.15) is 71.2 Å². The molecule has 0 saturated carbocycles. The van der Waals surface area contributed by atoms with E-state index in [1.807, 2.05) is 0 Å². The van der Waals surface area contributed by atoms with E-state index in [2.05, 4.69) is 29.8 Å². The summed E-state index contributed by atoms with van der Waals surface area (Å²) in [5, 5.41) is 8.62. The van der Waals surface area contributed by atoms with Crippen LogP contribution in [0, 0.1) is 23.0 Å². The monoisotopic (exact) mass is 934 g/mol. The number of hydrogen-bond acceptors (Lipinski definition) is 14. The van der Waals surface area contributed by atoms with Crippen LogP contribution in [0.1, 0.15) is 54.1 Å². The SMILES string of the molecule is N#Cc1c(N)sc2c(F)ccc(-c3c(C(F)(F)F)c4c5c(nc(OC[C@@]67CCCN6[C@H](COc6cnc(C(F)(F)F)cn6)CC7)nc5c3F)N([C@@H](c3cccnc3N)C(F)F)CCO4)c12. The third-order valence-corrected chi connectivity index (χ3v) is 13.0. The van der Waals surface area contributed by atoms with Gasteiger partial charge in [-0.1, -0.05) is 12.1 Å². The van der Waals surface area contributed by atoms with E-state index in [0.717, 1.165) is 23.2 Å². The normalized spacial score (nSPS) is 19.4. The van der Waals surface area contributed by atoms with Crippen LogP contribution in [0.5, 0.6) is 17.6 Å². The number of nitrogens with zero attached hydrogens (tertiary/aromatic N) is 8. The fraction of sp³-hybridized carbons (Fsp3) is 0.366. The first-order valence-corrected chi connectivity index (χ1v) is 20.6. The maximum atomic E-state index is 17.6. The molecule has 3 aliphatic heterocycles. The number of thiophene rings is 1. The average molecular weight is 935 g/mol. The molecule has 3 atom stereocenters. The first kappa shape index (κ1) is 43.8. The molecule has 0 bridgehead atoms. The number of rotatable bonds is 10. The van der Waals surface area contributed by atoms with Gasteiger partial charge in [-0.25, -0.2) is 32.5 Å². The van der Waals surface area contributed by atoms with E-state index in [1.54, 1.807) is 6.07 Å². The predicted molar refractivity (Wildman–Crippen MR) is 214 cm³/mol. The predicted octanol–water partition coefficient (Wildman–Crippen LogP) is 8.71. The van der Waals surface area contributed by atoms with E-state index in [9.17, 15) is 18.4 Å². The Hall–Kier alpha value is -6.48. The number of ether oxygens (including phenoxy) is 3. The van der Waals surface area contributed by atoms with E-state index >= 15 is 30.7 Å². The van der Waals surface area contributed by atoms with Crippen molar-refractivity contribution >= 4 is 49.0 Å². The van der Waals surface area contributed by atoms with Gasteiger partial charge < -0.3 is 30.6 Å². The molecule has 0 amide bonds. The molecule has 13 nitrogen and oxygen atoms in total. The first-order chi connectivity index (χ1) is 30.9. The fourth-order valence-corrected chi connectivity index (χ4v) is 10.1. The Morgan fingerprint density at radius 3 is 2.46 bits per heavy atom. The van der Waals surface area contributed by atoms with Gasteiger partial charge in [0.15, 0.2) is 11.5 Å². The molecule has 6 aromatic rings. The van der Waals surface area contributed by atoms with Crippen molar-refractivity contribution in [1.29, 1.82) is 5.26 Å². The highest BCUT2D eigenvalue weighted by Gasteiger charge is 2.51. The van der Waals surface area contributed by atoms with Crippen LogP contribution in [0.15, 0.2) is 42.9 Å². The number of halogens is 10. The number of alkyl halides is 8. The molecule has 340 valence electrons. The van der Waals surface area contributed by atoms with Crippen molar-refractivity contribution in [2.45, 2.75) is 62.1 Å². The zero-order valence-electron chi connectivity index (χ0n) is 33.3. The van der Waals surface area contributed by atoms with Gasteiger partial charge in [-0.05, 0) is 49.9 Å². The van der Waals surface area contributed by atoms with Crippen LogP contribution >= 0.6 is 11.3 Å². The molecule has 4 N–H and O–H groups in total. The summed E-state index contributed by atoms with van der Waals surface area (Å²) < 4.78 is 167. The molecule has 0 unspecified atom stereocenters. The fourth-order valence-electron chi connectivity index (χ4n) is 9.16. The Morgan fingerprint density at radius 2 is 1.77 bits per heavy atom. The molecule has 0 radical (unpaired) electrons. The van der Waals surface area contributed by atoms with Crippen molar-refractivity contribution in [3.8, 4) is 34.8 Å². The Labute approximate surface area is 364 Å². The van der Waals surface area contributed by atoms with Crippen LogP contribution in [-0.4, -0.2) is 80.7 Å². The molecule has 7 heterocycles. The van der Waals surface area contributed by atoms with E-state index in [0.29, 0.717) is 49.8 Å². The number of anilines is 3. The maximum Gasteiger partial charge on any atom is 0.434 e. The van der Waals surface area contributed by atoms with Crippen LogP contribution in [0.4, 0.5) is 60.5 Å². The number of hydrogen-bond donors (Lipinski definition) is 2. The number of nitrogens with two attached hydrogens (primary N) is 2. The molecule has 9 rings (SSSR count). The summed E-state index contributed by atoms with van der Waals surface area (Å²) in [4.78, 5) is 22.7. The number of aromatic nitrogens is 5. The van der Waals surface area contributed by atoms with E-state index in [4.69, 9.17) is 25.7 Å². The summed E-state index contributed by atoms with van der Waals surface area (Å²) in [5.41, 5.74) is 5.22. The minimum absolute atomic E-state index is 0.0120. The van der Waals surface area contributed by atoms with E-state index in [1.165, 1.54) is 18.3 Å². The average Bonchev–Trinajstić information content (AvgIpc) is 3.90. The molecule has 2 aromatic carbocycles. The number of nitrogen functional groups attached to an aromatic ring is 2. The highest BCUT2D eigenvalue weighted by molar-refractivity contribution is 7.23. The Kier molecular flexibility index (Phi) is 10.9. The lowest BCUT2D eigenvalue weighted by Crippen LogP contribution is -2.48. The zero-order valence-corrected chi connectivity index (χ0v) is 34.1. The third kappa shape index (κ3) is 7.52. The summed E-state index contributed by atoms with van der Waals surface area (Å²) >= 11 is 0.577. The van der Waals surface area contributed by atoms with Gasteiger partial charge in [0.2, 0.25) is 5.88 Å². The lowest BCUT2D eigenvalue weighted by Gasteiger charge is -2.35. The van der Waals surface area contributed by atoms with Gasteiger partial charge in [0.05, 0.1) is 40.1 Å². The van der Waals surface area contributed by atoms with Crippen molar-refractivity contribution in [2.24, 2.45) is 0 Å². The molecular weight excluding hydrogens is 903 g/mol. The zero-order chi connectivity index (χ0) is 46.2. The van der Waals surface area contributed by atoms with E-state index in [-0.39, 0.29) is 46.2 Å². The van der Waals surface area contributed by atoms with E-state index < -0.39 is 117 Å². The summed E-state index contributed by atoms with van der Waals surface area (Å²) in [7, 11) is 0. The summed E-state index contributed by atoms with van der Waals surface area (Å²) in [6.45, 7) is -0.843.